The number of nitrogens with zero attached hydrogens (tertiary/aromatic N) is 2. The molecular formula is C18H17N3O2. The van der Waals surface area contributed by atoms with E-state index in [2.05, 4.69) is 22.4 Å². The summed E-state index contributed by atoms with van der Waals surface area (Å²) in [6.07, 6.45) is 2.66. The van der Waals surface area contributed by atoms with Gasteiger partial charge in [-0.25, -0.2) is 4.98 Å². The highest BCUT2D eigenvalue weighted by Crippen LogP contribution is 2.39. The molecule has 116 valence electrons. The van der Waals surface area contributed by atoms with Crippen LogP contribution in [-0.2, 0) is 6.54 Å². The van der Waals surface area contributed by atoms with E-state index in [-0.39, 0.29) is 17.7 Å². The maximum absolute atomic E-state index is 11.7. The second-order valence-electron chi connectivity index (χ2n) is 5.89. The molecule has 5 nitrogen and oxygen atoms in total. The number of amides is 1. The molecule has 2 aromatic carbocycles. The number of nitrogens with one attached hydrogen (secondary N) is 1. The van der Waals surface area contributed by atoms with Gasteiger partial charge in [0.1, 0.15) is 0 Å². The molecule has 5 heteroatoms. The van der Waals surface area contributed by atoms with Crippen molar-refractivity contribution in [1.82, 2.24) is 14.9 Å². The number of carbonyl (C=O) groups excluding carboxylic acids is 1. The third-order valence-electron chi connectivity index (χ3n) is 4.60. The molecule has 0 radical (unpaired) electrons. The van der Waals surface area contributed by atoms with E-state index in [0.29, 0.717) is 5.56 Å². The summed E-state index contributed by atoms with van der Waals surface area (Å²) in [6, 6.07) is 11.9. The lowest BCUT2D eigenvalue weighted by Crippen LogP contribution is -2.17. The number of fused-ring (bicyclic) bond motifs is 2. The van der Waals surface area contributed by atoms with Gasteiger partial charge in [-0.05, 0) is 34.9 Å². The van der Waals surface area contributed by atoms with E-state index in [1.54, 1.807) is 13.4 Å². The predicted octanol–water partition coefficient (Wildman–Crippen LogP) is 2.64. The number of carbonyl (C=O) groups is 1. The molecule has 1 atom stereocenters. The van der Waals surface area contributed by atoms with E-state index in [0.717, 1.165) is 29.4 Å². The molecule has 0 saturated carbocycles. The van der Waals surface area contributed by atoms with E-state index in [1.807, 2.05) is 28.8 Å². The van der Waals surface area contributed by atoms with Crippen molar-refractivity contribution < 1.29 is 9.90 Å². The van der Waals surface area contributed by atoms with Crippen LogP contribution in [0.2, 0.25) is 0 Å². The predicted molar refractivity (Wildman–Crippen MR) is 87.7 cm³/mol. The van der Waals surface area contributed by atoms with Gasteiger partial charge in [-0.1, -0.05) is 24.3 Å². The Balaban J connectivity index is 1.76. The van der Waals surface area contributed by atoms with Gasteiger partial charge in [-0.2, -0.15) is 0 Å². The zero-order chi connectivity index (χ0) is 16.0. The van der Waals surface area contributed by atoms with Gasteiger partial charge in [-0.15, -0.1) is 0 Å². The normalized spacial score (nSPS) is 16.5. The van der Waals surface area contributed by atoms with Crippen molar-refractivity contribution in [3.63, 3.8) is 0 Å². The number of benzene rings is 2. The van der Waals surface area contributed by atoms with E-state index in [1.165, 1.54) is 5.56 Å². The SMILES string of the molecule is CNC(=O)c1ccc2cc([C@H]3CCn4cnc(O)c43)ccc2c1. The minimum Gasteiger partial charge on any atom is -0.492 e. The van der Waals surface area contributed by atoms with E-state index < -0.39 is 0 Å². The van der Waals surface area contributed by atoms with Crippen LogP contribution in [0.1, 0.15) is 34.0 Å². The van der Waals surface area contributed by atoms with Crippen molar-refractivity contribution >= 4 is 16.7 Å². The molecule has 0 saturated heterocycles. The molecule has 3 aromatic rings. The Morgan fingerprint density at radius 1 is 1.26 bits per heavy atom. The minimum atomic E-state index is -0.0828. The van der Waals surface area contributed by atoms with Crippen molar-refractivity contribution in [2.45, 2.75) is 18.9 Å². The van der Waals surface area contributed by atoms with E-state index >= 15 is 0 Å². The summed E-state index contributed by atoms with van der Waals surface area (Å²) in [7, 11) is 1.63. The number of aromatic nitrogens is 2. The zero-order valence-corrected chi connectivity index (χ0v) is 12.8. The molecule has 0 fully saturated rings. The van der Waals surface area contributed by atoms with Crippen LogP contribution in [0.3, 0.4) is 0 Å². The van der Waals surface area contributed by atoms with Gasteiger partial charge in [0.15, 0.2) is 0 Å². The number of rotatable bonds is 2. The highest BCUT2D eigenvalue weighted by atomic mass is 16.3. The fraction of sp³-hybridized carbons (Fsp3) is 0.222. The first-order valence-electron chi connectivity index (χ1n) is 7.67. The molecule has 0 spiro atoms. The molecule has 1 amide bonds. The van der Waals surface area contributed by atoms with Gasteiger partial charge in [-0.3, -0.25) is 4.79 Å². The molecule has 0 aliphatic carbocycles. The number of aromatic hydroxyl groups is 1. The first-order valence-corrected chi connectivity index (χ1v) is 7.67. The molecular weight excluding hydrogens is 290 g/mol. The van der Waals surface area contributed by atoms with Crippen LogP contribution in [-0.4, -0.2) is 27.6 Å². The third-order valence-corrected chi connectivity index (χ3v) is 4.60. The first kappa shape index (κ1) is 13.8. The summed E-state index contributed by atoms with van der Waals surface area (Å²) < 4.78 is 2.01. The molecule has 2 N–H and O–H groups in total. The van der Waals surface area contributed by atoms with Gasteiger partial charge in [0.05, 0.1) is 12.0 Å². The van der Waals surface area contributed by atoms with Crippen molar-refractivity contribution in [3.05, 3.63) is 59.5 Å². The Morgan fingerprint density at radius 2 is 2.04 bits per heavy atom. The molecule has 2 heterocycles. The quantitative estimate of drug-likeness (QED) is 0.765. The number of imidazole rings is 1. The highest BCUT2D eigenvalue weighted by Gasteiger charge is 2.28. The van der Waals surface area contributed by atoms with Gasteiger partial charge in [0.25, 0.3) is 5.91 Å². The summed E-state index contributed by atoms with van der Waals surface area (Å²) >= 11 is 0. The molecule has 4 rings (SSSR count). The maximum Gasteiger partial charge on any atom is 0.251 e. The van der Waals surface area contributed by atoms with Gasteiger partial charge >= 0.3 is 0 Å². The second-order valence-corrected chi connectivity index (χ2v) is 5.89. The standard InChI is InChI=1S/C18H17N3O2/c1-19-17(22)14-5-3-11-8-13(4-2-12(11)9-14)15-6-7-21-10-20-18(23)16(15)21/h2-5,8-10,15,23H,6-7H2,1H3,(H,19,22)/t15-/m1/s1. The van der Waals surface area contributed by atoms with Gasteiger partial charge in [0.2, 0.25) is 5.88 Å². The lowest BCUT2D eigenvalue weighted by molar-refractivity contribution is 0.0963. The fourth-order valence-electron chi connectivity index (χ4n) is 3.41. The summed E-state index contributed by atoms with van der Waals surface area (Å²) in [4.78, 5) is 15.7. The molecule has 0 bridgehead atoms. The lowest BCUT2D eigenvalue weighted by atomic mass is 9.92. The number of hydrogen-bond acceptors (Lipinski definition) is 3. The largest absolute Gasteiger partial charge is 0.492 e. The average Bonchev–Trinajstić information content (AvgIpc) is 3.16. The Labute approximate surface area is 133 Å². The van der Waals surface area contributed by atoms with E-state index in [9.17, 15) is 9.90 Å². The van der Waals surface area contributed by atoms with Crippen LogP contribution in [0.25, 0.3) is 10.8 Å². The molecule has 23 heavy (non-hydrogen) atoms. The van der Waals surface area contributed by atoms with Crippen molar-refractivity contribution in [1.29, 1.82) is 0 Å². The van der Waals surface area contributed by atoms with Gasteiger partial charge < -0.3 is 15.0 Å². The second kappa shape index (κ2) is 5.12. The van der Waals surface area contributed by atoms with Crippen LogP contribution >= 0.6 is 0 Å². The monoisotopic (exact) mass is 307 g/mol. The molecule has 1 aliphatic heterocycles. The van der Waals surface area contributed by atoms with Crippen LogP contribution in [0.15, 0.2) is 42.7 Å². The summed E-state index contributed by atoms with van der Waals surface area (Å²) in [5.74, 6) is 0.212. The highest BCUT2D eigenvalue weighted by molar-refractivity contribution is 5.98. The first-order chi connectivity index (χ1) is 11.2. The van der Waals surface area contributed by atoms with E-state index in [4.69, 9.17) is 0 Å². The number of aryl methyl sites for hydroxylation is 1. The Bertz CT molecular complexity index is 914. The van der Waals surface area contributed by atoms with Crippen LogP contribution in [0.4, 0.5) is 0 Å². The third kappa shape index (κ3) is 2.16. The Hall–Kier alpha value is -2.82. The zero-order valence-electron chi connectivity index (χ0n) is 12.8. The van der Waals surface area contributed by atoms with Crippen molar-refractivity contribution in [2.24, 2.45) is 0 Å². The smallest absolute Gasteiger partial charge is 0.251 e. The maximum atomic E-state index is 11.7. The molecule has 0 unspecified atom stereocenters. The van der Waals surface area contributed by atoms with Crippen molar-refractivity contribution in [2.75, 3.05) is 7.05 Å². The molecule has 1 aromatic heterocycles. The minimum absolute atomic E-state index is 0.0828. The average molecular weight is 307 g/mol. The summed E-state index contributed by atoms with van der Waals surface area (Å²) in [5, 5.41) is 14.7. The summed E-state index contributed by atoms with van der Waals surface area (Å²) in [5.41, 5.74) is 2.72. The van der Waals surface area contributed by atoms with Crippen LogP contribution in [0, 0.1) is 0 Å². The fourth-order valence-corrected chi connectivity index (χ4v) is 3.41. The van der Waals surface area contributed by atoms with Crippen LogP contribution in [0.5, 0.6) is 5.88 Å². The van der Waals surface area contributed by atoms with Gasteiger partial charge in [0, 0.05) is 25.1 Å². The molecule has 1 aliphatic rings. The lowest BCUT2D eigenvalue weighted by Gasteiger charge is -2.12. The summed E-state index contributed by atoms with van der Waals surface area (Å²) in [6.45, 7) is 0.876. The van der Waals surface area contributed by atoms with Crippen LogP contribution < -0.4 is 5.32 Å². The Kier molecular flexibility index (Phi) is 3.08. The number of hydrogen-bond donors (Lipinski definition) is 2. The van der Waals surface area contributed by atoms with Crippen molar-refractivity contribution in [3.8, 4) is 5.88 Å². The Morgan fingerprint density at radius 3 is 2.87 bits per heavy atom. The topological polar surface area (TPSA) is 67.2 Å².